The Bertz CT molecular complexity index is 480. The van der Waals surface area contributed by atoms with Gasteiger partial charge in [0.25, 0.3) is 5.91 Å². The summed E-state index contributed by atoms with van der Waals surface area (Å²) in [5.74, 6) is 1.43. The van der Waals surface area contributed by atoms with E-state index in [1.807, 2.05) is 0 Å². The van der Waals surface area contributed by atoms with Crippen LogP contribution in [0.25, 0.3) is 0 Å². The van der Waals surface area contributed by atoms with E-state index in [9.17, 15) is 4.79 Å². The third-order valence-corrected chi connectivity index (χ3v) is 3.58. The lowest BCUT2D eigenvalue weighted by molar-refractivity contribution is -0.0109. The van der Waals surface area contributed by atoms with Gasteiger partial charge in [-0.15, -0.1) is 11.6 Å². The van der Waals surface area contributed by atoms with Crippen molar-refractivity contribution in [1.29, 1.82) is 0 Å². The topological polar surface area (TPSA) is 48.0 Å². The van der Waals surface area contributed by atoms with Crippen molar-refractivity contribution >= 4 is 17.5 Å². The largest absolute Gasteiger partial charge is 0.497 e. The van der Waals surface area contributed by atoms with Gasteiger partial charge in [0.1, 0.15) is 11.5 Å². The lowest BCUT2D eigenvalue weighted by Gasteiger charge is -2.32. The smallest absolute Gasteiger partial charge is 0.257 e. The average Bonchev–Trinajstić information content (AvgIpc) is 2.53. The maximum Gasteiger partial charge on any atom is 0.257 e. The van der Waals surface area contributed by atoms with E-state index in [1.165, 1.54) is 0 Å². The van der Waals surface area contributed by atoms with Gasteiger partial charge in [-0.05, 0) is 18.2 Å². The van der Waals surface area contributed by atoms with Crippen LogP contribution in [-0.2, 0) is 4.74 Å². The van der Waals surface area contributed by atoms with Crippen LogP contribution in [0.3, 0.4) is 0 Å². The molecule has 0 bridgehead atoms. The third kappa shape index (κ3) is 3.16. The lowest BCUT2D eigenvalue weighted by atomic mass is 10.1. The van der Waals surface area contributed by atoms with E-state index in [-0.39, 0.29) is 12.0 Å². The number of amides is 1. The molecule has 1 heterocycles. The number of hydrogen-bond acceptors (Lipinski definition) is 4. The number of carbonyl (C=O) groups excluding carboxylic acids is 1. The summed E-state index contributed by atoms with van der Waals surface area (Å²) >= 11 is 5.79. The summed E-state index contributed by atoms with van der Waals surface area (Å²) in [6, 6.07) is 5.17. The minimum absolute atomic E-state index is 0.0980. The molecule has 1 amide bonds. The van der Waals surface area contributed by atoms with Crippen LogP contribution in [0.5, 0.6) is 11.5 Å². The summed E-state index contributed by atoms with van der Waals surface area (Å²) < 4.78 is 15.9. The SMILES string of the molecule is COc1ccc(OC)c(C(=O)N2CCOC(CCl)C2)c1. The summed E-state index contributed by atoms with van der Waals surface area (Å²) in [7, 11) is 3.10. The monoisotopic (exact) mass is 299 g/mol. The Kier molecular flexibility index (Phi) is 5.09. The highest BCUT2D eigenvalue weighted by atomic mass is 35.5. The quantitative estimate of drug-likeness (QED) is 0.795. The number of methoxy groups -OCH3 is 2. The molecule has 0 radical (unpaired) electrons. The van der Waals surface area contributed by atoms with E-state index in [0.29, 0.717) is 42.6 Å². The fraction of sp³-hybridized carbons (Fsp3) is 0.500. The zero-order chi connectivity index (χ0) is 14.5. The van der Waals surface area contributed by atoms with Crippen molar-refractivity contribution in [3.05, 3.63) is 23.8 Å². The molecule has 0 aliphatic carbocycles. The third-order valence-electron chi connectivity index (χ3n) is 3.24. The van der Waals surface area contributed by atoms with Gasteiger partial charge in [-0.2, -0.15) is 0 Å². The van der Waals surface area contributed by atoms with Gasteiger partial charge < -0.3 is 19.1 Å². The Hall–Kier alpha value is -1.46. The molecular weight excluding hydrogens is 282 g/mol. The molecule has 2 rings (SSSR count). The van der Waals surface area contributed by atoms with Crippen molar-refractivity contribution in [3.63, 3.8) is 0 Å². The van der Waals surface area contributed by atoms with Crippen LogP contribution in [0.1, 0.15) is 10.4 Å². The molecule has 6 heteroatoms. The van der Waals surface area contributed by atoms with E-state index in [2.05, 4.69) is 0 Å². The van der Waals surface area contributed by atoms with Gasteiger partial charge in [-0.25, -0.2) is 0 Å². The molecule has 0 saturated carbocycles. The second-order valence-electron chi connectivity index (χ2n) is 4.46. The lowest BCUT2D eigenvalue weighted by Crippen LogP contribution is -2.46. The van der Waals surface area contributed by atoms with Crippen LogP contribution in [-0.4, -0.2) is 56.7 Å². The number of halogens is 1. The van der Waals surface area contributed by atoms with Gasteiger partial charge in [0.2, 0.25) is 0 Å². The zero-order valence-corrected chi connectivity index (χ0v) is 12.4. The molecule has 0 N–H and O–H groups in total. The molecule has 1 atom stereocenters. The molecule has 0 aromatic heterocycles. The fourth-order valence-corrected chi connectivity index (χ4v) is 2.34. The molecule has 1 aromatic carbocycles. The summed E-state index contributed by atoms with van der Waals surface area (Å²) in [5, 5.41) is 0. The van der Waals surface area contributed by atoms with E-state index >= 15 is 0 Å². The number of morpholine rings is 1. The van der Waals surface area contributed by atoms with Crippen molar-refractivity contribution in [2.24, 2.45) is 0 Å². The molecule has 1 saturated heterocycles. The van der Waals surface area contributed by atoms with E-state index in [1.54, 1.807) is 37.3 Å². The van der Waals surface area contributed by atoms with Gasteiger partial charge in [-0.3, -0.25) is 4.79 Å². The van der Waals surface area contributed by atoms with Crippen LogP contribution in [0.2, 0.25) is 0 Å². The number of benzene rings is 1. The van der Waals surface area contributed by atoms with Crippen molar-refractivity contribution in [1.82, 2.24) is 4.90 Å². The number of hydrogen-bond donors (Lipinski definition) is 0. The first-order valence-corrected chi connectivity index (χ1v) is 6.92. The average molecular weight is 300 g/mol. The molecule has 1 unspecified atom stereocenters. The molecule has 1 aliphatic rings. The minimum Gasteiger partial charge on any atom is -0.497 e. The summed E-state index contributed by atoms with van der Waals surface area (Å²) in [4.78, 5) is 14.3. The maximum absolute atomic E-state index is 12.6. The highest BCUT2D eigenvalue weighted by molar-refractivity contribution is 6.18. The van der Waals surface area contributed by atoms with Gasteiger partial charge in [0, 0.05) is 13.1 Å². The Labute approximate surface area is 123 Å². The zero-order valence-electron chi connectivity index (χ0n) is 11.6. The first-order chi connectivity index (χ1) is 9.69. The standard InChI is InChI=1S/C14H18ClNO4/c1-18-10-3-4-13(19-2)12(7-10)14(17)16-5-6-20-11(8-15)9-16/h3-4,7,11H,5-6,8-9H2,1-2H3. The fourth-order valence-electron chi connectivity index (χ4n) is 2.15. The highest BCUT2D eigenvalue weighted by Gasteiger charge is 2.26. The highest BCUT2D eigenvalue weighted by Crippen LogP contribution is 2.26. The maximum atomic E-state index is 12.6. The van der Waals surface area contributed by atoms with Crippen LogP contribution in [0.15, 0.2) is 18.2 Å². The molecule has 1 aromatic rings. The molecule has 20 heavy (non-hydrogen) atoms. The Morgan fingerprint density at radius 1 is 1.45 bits per heavy atom. The van der Waals surface area contributed by atoms with Crippen molar-refractivity contribution < 1.29 is 19.0 Å². The van der Waals surface area contributed by atoms with Crippen LogP contribution in [0.4, 0.5) is 0 Å². The number of nitrogens with zero attached hydrogens (tertiary/aromatic N) is 1. The number of ether oxygens (including phenoxy) is 3. The Balaban J connectivity index is 2.23. The van der Waals surface area contributed by atoms with Crippen molar-refractivity contribution in [2.75, 3.05) is 39.8 Å². The number of rotatable bonds is 4. The minimum atomic E-state index is -0.119. The Morgan fingerprint density at radius 2 is 2.25 bits per heavy atom. The first kappa shape index (κ1) is 14.9. The second kappa shape index (κ2) is 6.81. The van der Waals surface area contributed by atoms with Crippen LogP contribution < -0.4 is 9.47 Å². The van der Waals surface area contributed by atoms with E-state index < -0.39 is 0 Å². The van der Waals surface area contributed by atoms with Gasteiger partial charge in [0.05, 0.1) is 38.4 Å². The van der Waals surface area contributed by atoms with Gasteiger partial charge in [0.15, 0.2) is 0 Å². The molecular formula is C14H18ClNO4. The summed E-state index contributed by atoms with van der Waals surface area (Å²) in [5.41, 5.74) is 0.488. The molecule has 1 fully saturated rings. The second-order valence-corrected chi connectivity index (χ2v) is 4.77. The van der Waals surface area contributed by atoms with E-state index in [0.717, 1.165) is 0 Å². The summed E-state index contributed by atoms with van der Waals surface area (Å²) in [6.07, 6.45) is -0.119. The number of alkyl halides is 1. The predicted molar refractivity (Wildman–Crippen MR) is 75.9 cm³/mol. The van der Waals surface area contributed by atoms with Gasteiger partial charge >= 0.3 is 0 Å². The normalized spacial score (nSPS) is 18.8. The van der Waals surface area contributed by atoms with E-state index in [4.69, 9.17) is 25.8 Å². The molecule has 1 aliphatic heterocycles. The molecule has 110 valence electrons. The number of carbonyl (C=O) groups is 1. The molecule has 5 nitrogen and oxygen atoms in total. The van der Waals surface area contributed by atoms with Crippen LogP contribution in [0, 0.1) is 0 Å². The van der Waals surface area contributed by atoms with Crippen molar-refractivity contribution in [2.45, 2.75) is 6.10 Å². The van der Waals surface area contributed by atoms with Gasteiger partial charge in [-0.1, -0.05) is 0 Å². The summed E-state index contributed by atoms with van der Waals surface area (Å²) in [6.45, 7) is 1.53. The first-order valence-electron chi connectivity index (χ1n) is 6.38. The van der Waals surface area contributed by atoms with Crippen LogP contribution >= 0.6 is 11.6 Å². The van der Waals surface area contributed by atoms with Crippen molar-refractivity contribution in [3.8, 4) is 11.5 Å². The predicted octanol–water partition coefficient (Wildman–Crippen LogP) is 1.78. The molecule has 0 spiro atoms. The Morgan fingerprint density at radius 3 is 2.90 bits per heavy atom.